The molecule has 0 aromatic heterocycles. The molecule has 1 aromatic carbocycles. The maximum absolute atomic E-state index is 2.24. The molecule has 0 atom stereocenters. The zero-order valence-corrected chi connectivity index (χ0v) is 8.93. The highest BCUT2D eigenvalue weighted by molar-refractivity contribution is 6.32. The van der Waals surface area contributed by atoms with Crippen LogP contribution in [0.1, 0.15) is 26.3 Å². The highest BCUT2D eigenvalue weighted by Crippen LogP contribution is 2.20. The Balaban J connectivity index is 2.99. The lowest BCUT2D eigenvalue weighted by Gasteiger charge is -2.18. The largest absolute Gasteiger partial charge is 0.0697 e. The molecule has 0 unspecified atom stereocenters. The zero-order chi connectivity index (χ0) is 8.48. The summed E-state index contributed by atoms with van der Waals surface area (Å²) < 4.78 is 0. The smallest absolute Gasteiger partial charge is 0.0477 e. The summed E-state index contributed by atoms with van der Waals surface area (Å²) in [5.41, 5.74) is 1.70. The van der Waals surface area contributed by atoms with E-state index >= 15 is 0 Å². The van der Waals surface area contributed by atoms with Crippen molar-refractivity contribution >= 4 is 15.4 Å². The summed E-state index contributed by atoms with van der Waals surface area (Å²) in [4.78, 5) is 0. The minimum atomic E-state index is 0.289. The van der Waals surface area contributed by atoms with Crippen molar-refractivity contribution in [3.05, 3.63) is 29.8 Å². The van der Waals surface area contributed by atoms with Crippen LogP contribution >= 0.6 is 0 Å². The van der Waals surface area contributed by atoms with E-state index in [9.17, 15) is 0 Å². The molecular formula is C10H15Si. The molecule has 1 radical (unpaired) electrons. The molecule has 0 amide bonds. The van der Waals surface area contributed by atoms with E-state index in [0.29, 0.717) is 0 Å². The number of hydrogen-bond donors (Lipinski definition) is 0. The quantitative estimate of drug-likeness (QED) is 0.505. The van der Waals surface area contributed by atoms with Crippen molar-refractivity contribution in [2.24, 2.45) is 0 Å². The second kappa shape index (κ2) is 2.82. The van der Waals surface area contributed by atoms with Crippen LogP contribution in [0.15, 0.2) is 24.3 Å². The summed E-state index contributed by atoms with van der Waals surface area (Å²) in [6.45, 7) is 6.71. The lowest BCUT2D eigenvalue weighted by Crippen LogP contribution is -2.12. The Kier molecular flexibility index (Phi) is 2.19. The Morgan fingerprint density at radius 1 is 1.00 bits per heavy atom. The Hall–Kier alpha value is -0.563. The van der Waals surface area contributed by atoms with E-state index in [-0.39, 0.29) is 5.41 Å². The van der Waals surface area contributed by atoms with Gasteiger partial charge in [-0.05, 0) is 11.0 Å². The molecule has 1 heteroatoms. The zero-order valence-electron chi connectivity index (χ0n) is 7.52. The van der Waals surface area contributed by atoms with Crippen LogP contribution in [0.25, 0.3) is 0 Å². The highest BCUT2D eigenvalue weighted by atomic mass is 28.1. The standard InChI is InChI=1S/C10H15Si/c1-10(2,3)8-4-6-9(11)7-5-8/h4-7H,11H2,1-3H3. The van der Waals surface area contributed by atoms with E-state index in [4.69, 9.17) is 0 Å². The molecule has 0 aliphatic rings. The van der Waals surface area contributed by atoms with Gasteiger partial charge in [0.05, 0.1) is 0 Å². The molecule has 59 valence electrons. The minimum absolute atomic E-state index is 0.289. The SMILES string of the molecule is CC(C)(C)c1ccc([SiH2])cc1. The van der Waals surface area contributed by atoms with E-state index in [2.05, 4.69) is 45.0 Å². The Morgan fingerprint density at radius 2 is 1.45 bits per heavy atom. The molecule has 0 saturated heterocycles. The van der Waals surface area contributed by atoms with Gasteiger partial charge in [-0.1, -0.05) is 50.2 Å². The van der Waals surface area contributed by atoms with E-state index < -0.39 is 0 Å². The number of benzene rings is 1. The second-order valence-corrected chi connectivity index (χ2v) is 4.76. The maximum Gasteiger partial charge on any atom is 0.0477 e. The molecule has 0 saturated carbocycles. The molecule has 0 aliphatic heterocycles. The molecule has 1 rings (SSSR count). The van der Waals surface area contributed by atoms with E-state index in [1.807, 2.05) is 10.2 Å². The minimum Gasteiger partial charge on any atom is -0.0697 e. The fourth-order valence-corrected chi connectivity index (χ4v) is 1.24. The molecule has 1 aromatic rings. The van der Waals surface area contributed by atoms with Crippen LogP contribution in [0.2, 0.25) is 0 Å². The average molecular weight is 163 g/mol. The first-order valence-electron chi connectivity index (χ1n) is 3.92. The van der Waals surface area contributed by atoms with E-state index in [0.717, 1.165) is 0 Å². The third-order valence-electron chi connectivity index (χ3n) is 1.82. The van der Waals surface area contributed by atoms with Gasteiger partial charge in [-0.3, -0.25) is 0 Å². The molecule has 0 heterocycles. The van der Waals surface area contributed by atoms with Crippen LogP contribution in [0.5, 0.6) is 0 Å². The fraction of sp³-hybridized carbons (Fsp3) is 0.400. The monoisotopic (exact) mass is 163 g/mol. The van der Waals surface area contributed by atoms with Crippen molar-refractivity contribution in [2.45, 2.75) is 26.2 Å². The van der Waals surface area contributed by atoms with Crippen molar-refractivity contribution in [3.63, 3.8) is 0 Å². The molecule has 11 heavy (non-hydrogen) atoms. The number of rotatable bonds is 0. The van der Waals surface area contributed by atoms with Crippen molar-refractivity contribution < 1.29 is 0 Å². The summed E-state index contributed by atoms with van der Waals surface area (Å²) in [6, 6.07) is 8.78. The van der Waals surface area contributed by atoms with Crippen LogP contribution in [-0.2, 0) is 5.41 Å². The van der Waals surface area contributed by atoms with Crippen LogP contribution < -0.4 is 5.19 Å². The molecule has 0 fully saturated rings. The average Bonchev–Trinajstić information content (AvgIpc) is 1.86. The summed E-state index contributed by atoms with van der Waals surface area (Å²) >= 11 is 0. The molecule has 0 N–H and O–H groups in total. The van der Waals surface area contributed by atoms with Gasteiger partial charge in [0.1, 0.15) is 0 Å². The van der Waals surface area contributed by atoms with Gasteiger partial charge in [0, 0.05) is 10.2 Å². The maximum atomic E-state index is 2.24. The van der Waals surface area contributed by atoms with Gasteiger partial charge < -0.3 is 0 Å². The first-order valence-corrected chi connectivity index (χ1v) is 4.63. The lowest BCUT2D eigenvalue weighted by molar-refractivity contribution is 0.590. The first-order chi connectivity index (χ1) is 5.00. The fourth-order valence-electron chi connectivity index (χ4n) is 1.00. The Morgan fingerprint density at radius 3 is 1.82 bits per heavy atom. The third-order valence-corrected chi connectivity index (χ3v) is 2.29. The van der Waals surface area contributed by atoms with E-state index in [1.165, 1.54) is 10.8 Å². The lowest BCUT2D eigenvalue weighted by atomic mass is 9.87. The van der Waals surface area contributed by atoms with Crippen LogP contribution in [0.4, 0.5) is 0 Å². The highest BCUT2D eigenvalue weighted by Gasteiger charge is 2.11. The molecule has 0 spiro atoms. The topological polar surface area (TPSA) is 0 Å². The van der Waals surface area contributed by atoms with Gasteiger partial charge in [0.25, 0.3) is 0 Å². The predicted octanol–water partition coefficient (Wildman–Crippen LogP) is 1.24. The van der Waals surface area contributed by atoms with Crippen LogP contribution in [0, 0.1) is 0 Å². The Labute approximate surface area is 72.1 Å². The normalized spacial score (nSPS) is 11.6. The number of hydrogen-bond acceptors (Lipinski definition) is 0. The van der Waals surface area contributed by atoms with Gasteiger partial charge in [-0.25, -0.2) is 0 Å². The van der Waals surface area contributed by atoms with Crippen LogP contribution in [0.3, 0.4) is 0 Å². The second-order valence-electron chi connectivity index (χ2n) is 3.95. The predicted molar refractivity (Wildman–Crippen MR) is 53.3 cm³/mol. The Bertz CT molecular complexity index is 228. The van der Waals surface area contributed by atoms with Crippen molar-refractivity contribution in [3.8, 4) is 0 Å². The molecule has 0 bridgehead atoms. The molecule has 0 aliphatic carbocycles. The molecular weight excluding hydrogens is 148 g/mol. The van der Waals surface area contributed by atoms with Crippen molar-refractivity contribution in [1.82, 2.24) is 0 Å². The van der Waals surface area contributed by atoms with Gasteiger partial charge >= 0.3 is 0 Å². The van der Waals surface area contributed by atoms with Gasteiger partial charge in [0.2, 0.25) is 0 Å². The summed E-state index contributed by atoms with van der Waals surface area (Å²) in [6.07, 6.45) is 0. The summed E-state index contributed by atoms with van der Waals surface area (Å²) in [7, 11) is 1.93. The van der Waals surface area contributed by atoms with Gasteiger partial charge in [-0.2, -0.15) is 0 Å². The first kappa shape index (κ1) is 8.53. The van der Waals surface area contributed by atoms with Crippen molar-refractivity contribution in [2.75, 3.05) is 0 Å². The molecule has 0 nitrogen and oxygen atoms in total. The van der Waals surface area contributed by atoms with Crippen LogP contribution in [-0.4, -0.2) is 10.2 Å². The summed E-state index contributed by atoms with van der Waals surface area (Å²) in [5, 5.41) is 1.36. The third kappa shape index (κ3) is 2.19. The van der Waals surface area contributed by atoms with Gasteiger partial charge in [-0.15, -0.1) is 0 Å². The van der Waals surface area contributed by atoms with E-state index in [1.54, 1.807) is 0 Å². The van der Waals surface area contributed by atoms with Gasteiger partial charge in [0.15, 0.2) is 0 Å². The summed E-state index contributed by atoms with van der Waals surface area (Å²) in [5.74, 6) is 0. The van der Waals surface area contributed by atoms with Crippen molar-refractivity contribution in [1.29, 1.82) is 0 Å².